The maximum absolute atomic E-state index is 13.1. The van der Waals surface area contributed by atoms with Crippen LogP contribution in [0, 0.1) is 0 Å². The number of rotatable bonds is 3. The lowest BCUT2D eigenvalue weighted by atomic mass is 10.0. The molecule has 3 aromatic heterocycles. The fourth-order valence-corrected chi connectivity index (χ4v) is 6.11. The third-order valence-corrected chi connectivity index (χ3v) is 8.02. The zero-order valence-corrected chi connectivity index (χ0v) is 22.8. The summed E-state index contributed by atoms with van der Waals surface area (Å²) in [6.45, 7) is 0.665. The van der Waals surface area contributed by atoms with Gasteiger partial charge in [-0.05, 0) is 72.2 Å². The Kier molecular flexibility index (Phi) is 5.71. The average molecular weight is 546 g/mol. The van der Waals surface area contributed by atoms with Crippen molar-refractivity contribution in [2.75, 3.05) is 11.4 Å². The van der Waals surface area contributed by atoms with E-state index in [0.29, 0.717) is 13.0 Å². The van der Waals surface area contributed by atoms with E-state index < -0.39 is 0 Å². The van der Waals surface area contributed by atoms with Gasteiger partial charge in [-0.3, -0.25) is 4.79 Å². The van der Waals surface area contributed by atoms with Gasteiger partial charge in [0.1, 0.15) is 0 Å². The number of aromatic amines is 2. The van der Waals surface area contributed by atoms with E-state index in [4.69, 9.17) is 9.97 Å². The van der Waals surface area contributed by atoms with Crippen LogP contribution in [-0.4, -0.2) is 32.4 Å². The van der Waals surface area contributed by atoms with Gasteiger partial charge in [-0.15, -0.1) is 0 Å². The van der Waals surface area contributed by atoms with E-state index in [2.05, 4.69) is 76.7 Å². The van der Waals surface area contributed by atoms with Gasteiger partial charge in [-0.1, -0.05) is 60.7 Å². The molecule has 0 radical (unpaired) electrons. The molecule has 1 fully saturated rings. The number of hydrogen-bond donors (Lipinski definition) is 2. The monoisotopic (exact) mass is 545 g/mol. The zero-order chi connectivity index (χ0) is 28.0. The van der Waals surface area contributed by atoms with Crippen LogP contribution >= 0.6 is 0 Å². The lowest BCUT2D eigenvalue weighted by molar-refractivity contribution is -0.117. The highest BCUT2D eigenvalue weighted by atomic mass is 16.2. The number of hydrogen-bond acceptors (Lipinski definition) is 3. The van der Waals surface area contributed by atoms with Gasteiger partial charge in [0.2, 0.25) is 5.91 Å². The van der Waals surface area contributed by atoms with E-state index in [1.165, 1.54) is 0 Å². The summed E-state index contributed by atoms with van der Waals surface area (Å²) in [6, 6.07) is 31.0. The fraction of sp³-hybridized carbons (Fsp3) is 0.0833. The number of aromatic nitrogens is 4. The smallest absolute Gasteiger partial charge is 0.227 e. The van der Waals surface area contributed by atoms with Crippen LogP contribution in [-0.2, 0) is 4.79 Å². The van der Waals surface area contributed by atoms with Crippen LogP contribution < -0.4 is 4.90 Å². The van der Waals surface area contributed by atoms with Gasteiger partial charge in [0.15, 0.2) is 0 Å². The fourth-order valence-electron chi connectivity index (χ4n) is 6.11. The highest BCUT2D eigenvalue weighted by Crippen LogP contribution is 2.36. The highest BCUT2D eigenvalue weighted by molar-refractivity contribution is 6.04. The van der Waals surface area contributed by atoms with E-state index in [1.54, 1.807) is 0 Å². The largest absolute Gasteiger partial charge is 0.355 e. The van der Waals surface area contributed by atoms with Crippen molar-refractivity contribution >= 4 is 58.0 Å². The van der Waals surface area contributed by atoms with E-state index in [1.807, 2.05) is 53.5 Å². The van der Waals surface area contributed by atoms with Gasteiger partial charge in [0, 0.05) is 40.6 Å². The molecule has 1 saturated heterocycles. The summed E-state index contributed by atoms with van der Waals surface area (Å²) in [7, 11) is 0. The average Bonchev–Trinajstić information content (AvgIpc) is 3.85. The van der Waals surface area contributed by atoms with Crippen molar-refractivity contribution in [2.24, 2.45) is 0 Å². The SMILES string of the molecule is O=C1CCCN1c1c2nc(c(-c3ccccc3)c3ccc(cc4nc(c(-c5ccccc5)c5ccc1[nH]5)C=C4)[nH]3)C=C2. The van der Waals surface area contributed by atoms with Crippen molar-refractivity contribution in [3.8, 4) is 22.3 Å². The zero-order valence-electron chi connectivity index (χ0n) is 22.8. The summed E-state index contributed by atoms with van der Waals surface area (Å²) in [5, 5.41) is 0. The van der Waals surface area contributed by atoms with Crippen LogP contribution in [0.5, 0.6) is 0 Å². The van der Waals surface area contributed by atoms with Crippen LogP contribution in [0.1, 0.15) is 35.6 Å². The molecule has 2 N–H and O–H groups in total. The molecule has 1 amide bonds. The molecule has 5 aromatic rings. The Bertz CT molecular complexity index is 2050. The second-order valence-corrected chi connectivity index (χ2v) is 10.7. The van der Waals surface area contributed by atoms with Gasteiger partial charge in [-0.2, -0.15) is 0 Å². The first kappa shape index (κ1) is 24.3. The van der Waals surface area contributed by atoms with E-state index in [9.17, 15) is 4.79 Å². The van der Waals surface area contributed by atoms with Crippen LogP contribution in [0.3, 0.4) is 0 Å². The van der Waals surface area contributed by atoms with E-state index in [-0.39, 0.29) is 5.91 Å². The molecule has 0 saturated carbocycles. The van der Waals surface area contributed by atoms with Crippen molar-refractivity contribution in [3.63, 3.8) is 0 Å². The molecule has 0 aliphatic carbocycles. The molecule has 202 valence electrons. The molecule has 6 nitrogen and oxygen atoms in total. The van der Waals surface area contributed by atoms with Crippen LogP contribution in [0.2, 0.25) is 0 Å². The van der Waals surface area contributed by atoms with Crippen molar-refractivity contribution in [1.29, 1.82) is 0 Å². The molecule has 3 aliphatic heterocycles. The molecular weight excluding hydrogens is 518 g/mol. The number of carbonyl (C=O) groups is 1. The number of anilines is 1. The Morgan fingerprint density at radius 2 is 1.24 bits per heavy atom. The van der Waals surface area contributed by atoms with Crippen molar-refractivity contribution in [3.05, 3.63) is 114 Å². The Balaban J connectivity index is 1.53. The number of nitrogens with one attached hydrogen (secondary N) is 2. The molecule has 6 heterocycles. The van der Waals surface area contributed by atoms with E-state index in [0.717, 1.165) is 79.2 Å². The second kappa shape index (κ2) is 9.85. The first-order chi connectivity index (χ1) is 20.7. The van der Waals surface area contributed by atoms with Crippen LogP contribution in [0.4, 0.5) is 5.69 Å². The molecule has 3 aliphatic rings. The first-order valence-electron chi connectivity index (χ1n) is 14.3. The second-order valence-electron chi connectivity index (χ2n) is 10.7. The van der Waals surface area contributed by atoms with Crippen molar-refractivity contribution in [1.82, 2.24) is 19.9 Å². The normalized spacial score (nSPS) is 14.2. The van der Waals surface area contributed by atoms with Gasteiger partial charge in [0.05, 0.1) is 34.0 Å². The molecule has 0 atom stereocenters. The molecule has 42 heavy (non-hydrogen) atoms. The van der Waals surface area contributed by atoms with Crippen LogP contribution in [0.15, 0.2) is 91.0 Å². The van der Waals surface area contributed by atoms with Crippen LogP contribution in [0.25, 0.3) is 68.6 Å². The molecule has 2 aromatic carbocycles. The molecule has 8 rings (SSSR count). The highest BCUT2D eigenvalue weighted by Gasteiger charge is 2.26. The summed E-state index contributed by atoms with van der Waals surface area (Å²) >= 11 is 0. The lowest BCUT2D eigenvalue weighted by Crippen LogP contribution is -2.24. The Morgan fingerprint density at radius 3 is 1.95 bits per heavy atom. The third-order valence-electron chi connectivity index (χ3n) is 8.02. The summed E-state index contributed by atoms with van der Waals surface area (Å²) in [6.07, 6.45) is 9.56. The lowest BCUT2D eigenvalue weighted by Gasteiger charge is -2.16. The number of amides is 1. The predicted molar refractivity (Wildman–Crippen MR) is 171 cm³/mol. The number of nitrogens with zero attached hydrogens (tertiary/aromatic N) is 3. The maximum Gasteiger partial charge on any atom is 0.227 e. The number of benzene rings is 2. The quantitative estimate of drug-likeness (QED) is 0.235. The number of fused-ring (bicyclic) bond motifs is 8. The minimum absolute atomic E-state index is 0.117. The van der Waals surface area contributed by atoms with E-state index >= 15 is 0 Å². The Labute approximate surface area is 242 Å². The minimum Gasteiger partial charge on any atom is -0.355 e. The Hall–Kier alpha value is -5.49. The summed E-state index contributed by atoms with van der Waals surface area (Å²) in [4.78, 5) is 32.5. The summed E-state index contributed by atoms with van der Waals surface area (Å²) in [5.41, 5.74) is 12.0. The van der Waals surface area contributed by atoms with Gasteiger partial charge < -0.3 is 14.9 Å². The van der Waals surface area contributed by atoms with Gasteiger partial charge >= 0.3 is 0 Å². The number of H-pyrrole nitrogens is 2. The molecule has 0 unspecified atom stereocenters. The third kappa shape index (κ3) is 4.16. The Morgan fingerprint density at radius 1 is 0.619 bits per heavy atom. The molecule has 6 heteroatoms. The van der Waals surface area contributed by atoms with Gasteiger partial charge in [-0.25, -0.2) is 9.97 Å². The standard InChI is InChI=1S/C36H27N5O/c42-33-12-7-21-41(33)36-31-19-17-29(39-31)34(23-8-3-1-4-9-23)27-15-13-25(37-27)22-26-14-16-28(38-26)35(24-10-5-2-6-11-24)30-18-20-32(36)40-30/h1-6,8-11,13-20,22,37,40H,7,12,21H2. The molecule has 0 spiro atoms. The maximum atomic E-state index is 13.1. The predicted octanol–water partition coefficient (Wildman–Crippen LogP) is 8.12. The topological polar surface area (TPSA) is 77.7 Å². The van der Waals surface area contributed by atoms with Crippen molar-refractivity contribution < 1.29 is 4.79 Å². The van der Waals surface area contributed by atoms with Gasteiger partial charge in [0.25, 0.3) is 0 Å². The minimum atomic E-state index is 0.117. The van der Waals surface area contributed by atoms with Crippen molar-refractivity contribution in [2.45, 2.75) is 12.8 Å². The summed E-state index contributed by atoms with van der Waals surface area (Å²) in [5.74, 6) is 0.117. The summed E-state index contributed by atoms with van der Waals surface area (Å²) < 4.78 is 0. The molecule has 8 bridgehead atoms. The first-order valence-corrected chi connectivity index (χ1v) is 14.3. The number of carbonyl (C=O) groups excluding carboxylic acids is 1. The molecular formula is C36H27N5O.